The van der Waals surface area contributed by atoms with Gasteiger partial charge in [0.25, 0.3) is 0 Å². The molecule has 2 saturated heterocycles. The lowest BCUT2D eigenvalue weighted by Gasteiger charge is -2.57. The van der Waals surface area contributed by atoms with Gasteiger partial charge in [-0.2, -0.15) is 0 Å². The Morgan fingerprint density at radius 2 is 1.76 bits per heavy atom. The molecule has 2 aliphatic heterocycles. The molecule has 1 aromatic rings. The van der Waals surface area contributed by atoms with Crippen molar-refractivity contribution in [2.75, 3.05) is 12.4 Å². The van der Waals surface area contributed by atoms with Crippen molar-refractivity contribution in [1.82, 2.24) is 0 Å². The Balaban J connectivity index is 1.78. The molecular formula is C19H28O5S. The van der Waals surface area contributed by atoms with E-state index in [4.69, 9.17) is 18.9 Å². The second kappa shape index (κ2) is 6.83. The van der Waals surface area contributed by atoms with E-state index in [1.54, 1.807) is 11.8 Å². The minimum absolute atomic E-state index is 0.300. The average Bonchev–Trinajstić information content (AvgIpc) is 2.53. The van der Waals surface area contributed by atoms with Crippen molar-refractivity contribution in [1.29, 1.82) is 0 Å². The van der Waals surface area contributed by atoms with E-state index in [0.29, 0.717) is 12.4 Å². The molecule has 0 radical (unpaired) electrons. The molecule has 0 unspecified atom stereocenters. The van der Waals surface area contributed by atoms with E-state index in [-0.39, 0.29) is 6.10 Å². The maximum atomic E-state index is 10.9. The van der Waals surface area contributed by atoms with Crippen LogP contribution in [-0.4, -0.2) is 53.0 Å². The van der Waals surface area contributed by atoms with E-state index in [1.165, 1.54) is 0 Å². The predicted octanol–water partition coefficient (Wildman–Crippen LogP) is 3.20. The molecule has 140 valence electrons. The summed E-state index contributed by atoms with van der Waals surface area (Å²) in [5, 5.41) is 10.9. The molecule has 25 heavy (non-hydrogen) atoms. The maximum Gasteiger partial charge on any atom is 0.164 e. The molecule has 2 fully saturated rings. The van der Waals surface area contributed by atoms with Crippen molar-refractivity contribution in [3.63, 3.8) is 0 Å². The number of hydrogen-bond donors (Lipinski definition) is 1. The van der Waals surface area contributed by atoms with E-state index in [0.717, 1.165) is 4.90 Å². The molecule has 0 amide bonds. The first kappa shape index (κ1) is 19.1. The van der Waals surface area contributed by atoms with Gasteiger partial charge >= 0.3 is 0 Å². The van der Waals surface area contributed by atoms with Crippen LogP contribution in [0.15, 0.2) is 35.2 Å². The molecule has 0 spiro atoms. The van der Waals surface area contributed by atoms with Crippen molar-refractivity contribution >= 4 is 11.8 Å². The van der Waals surface area contributed by atoms with Gasteiger partial charge in [-0.3, -0.25) is 0 Å². The van der Waals surface area contributed by atoms with E-state index in [1.807, 2.05) is 65.0 Å². The Labute approximate surface area is 154 Å². The number of ether oxygens (including phenoxy) is 4. The van der Waals surface area contributed by atoms with Crippen LogP contribution >= 0.6 is 11.8 Å². The fourth-order valence-electron chi connectivity index (χ4n) is 3.50. The maximum absolute atomic E-state index is 10.9. The minimum atomic E-state index is -0.804. The van der Waals surface area contributed by atoms with Gasteiger partial charge < -0.3 is 24.1 Å². The highest BCUT2D eigenvalue weighted by atomic mass is 32.2. The lowest BCUT2D eigenvalue weighted by Crippen LogP contribution is -2.71. The SMILES string of the molecule is CC1(C)O[C@@H]2COC(C)(C)O[C@]2(C)[C@H]([C@H](O)CSc2ccccc2)O1. The molecule has 4 atom stereocenters. The second-order valence-corrected chi connectivity index (χ2v) is 8.83. The van der Waals surface area contributed by atoms with E-state index in [9.17, 15) is 5.11 Å². The van der Waals surface area contributed by atoms with Gasteiger partial charge in [-0.15, -0.1) is 11.8 Å². The van der Waals surface area contributed by atoms with Crippen LogP contribution in [0.4, 0.5) is 0 Å². The Kier molecular flexibility index (Phi) is 5.23. The average molecular weight is 368 g/mol. The summed E-state index contributed by atoms with van der Waals surface area (Å²) in [6, 6.07) is 10.0. The molecule has 0 saturated carbocycles. The molecule has 3 rings (SSSR count). The van der Waals surface area contributed by atoms with E-state index in [2.05, 4.69) is 0 Å². The van der Waals surface area contributed by atoms with Gasteiger partial charge in [-0.1, -0.05) is 18.2 Å². The first-order chi connectivity index (χ1) is 11.6. The Bertz CT molecular complexity index is 591. The molecule has 0 aliphatic carbocycles. The topological polar surface area (TPSA) is 57.2 Å². The number of thioether (sulfide) groups is 1. The van der Waals surface area contributed by atoms with Crippen LogP contribution in [0.5, 0.6) is 0 Å². The zero-order valence-corrected chi connectivity index (χ0v) is 16.3. The van der Waals surface area contributed by atoms with Crippen molar-refractivity contribution in [2.45, 2.75) is 75.0 Å². The molecule has 1 N–H and O–H groups in total. The predicted molar refractivity (Wildman–Crippen MR) is 96.5 cm³/mol. The van der Waals surface area contributed by atoms with Crippen LogP contribution in [0.3, 0.4) is 0 Å². The standard InChI is InChI=1S/C19H28O5S/c1-17(2)21-11-15-19(5,24-17)16(23-18(3,4)22-15)14(20)12-25-13-9-7-6-8-10-13/h6-10,14-16,20H,11-12H2,1-5H3/t14-,15-,16+,19+/m1/s1. The van der Waals surface area contributed by atoms with Crippen LogP contribution in [-0.2, 0) is 18.9 Å². The zero-order valence-electron chi connectivity index (χ0n) is 15.5. The van der Waals surface area contributed by atoms with Crippen LogP contribution in [0.25, 0.3) is 0 Å². The van der Waals surface area contributed by atoms with Gasteiger partial charge in [0, 0.05) is 10.6 Å². The minimum Gasteiger partial charge on any atom is -0.389 e. The number of aliphatic hydroxyl groups is 1. The fourth-order valence-corrected chi connectivity index (χ4v) is 4.39. The normalized spacial score (nSPS) is 35.0. The number of fused-ring (bicyclic) bond motifs is 1. The van der Waals surface area contributed by atoms with Crippen LogP contribution in [0.1, 0.15) is 34.6 Å². The lowest BCUT2D eigenvalue weighted by molar-refractivity contribution is -0.443. The summed E-state index contributed by atoms with van der Waals surface area (Å²) in [4.78, 5) is 1.11. The molecule has 2 aliphatic rings. The molecule has 5 nitrogen and oxygen atoms in total. The van der Waals surface area contributed by atoms with Crippen LogP contribution < -0.4 is 0 Å². The number of benzene rings is 1. The summed E-state index contributed by atoms with van der Waals surface area (Å²) in [7, 11) is 0. The molecule has 0 aromatic heterocycles. The van der Waals surface area contributed by atoms with Crippen LogP contribution in [0, 0.1) is 0 Å². The van der Waals surface area contributed by atoms with E-state index >= 15 is 0 Å². The van der Waals surface area contributed by atoms with Crippen molar-refractivity contribution in [3.8, 4) is 0 Å². The van der Waals surface area contributed by atoms with E-state index < -0.39 is 29.4 Å². The summed E-state index contributed by atoms with van der Waals surface area (Å²) in [6.45, 7) is 9.81. The largest absolute Gasteiger partial charge is 0.389 e. The summed E-state index contributed by atoms with van der Waals surface area (Å²) in [5.41, 5.74) is -0.784. The van der Waals surface area contributed by atoms with Gasteiger partial charge in [0.1, 0.15) is 17.8 Å². The highest BCUT2D eigenvalue weighted by Crippen LogP contribution is 2.44. The summed E-state index contributed by atoms with van der Waals surface area (Å²) in [6.07, 6.45) is -1.51. The Hall–Kier alpha value is -0.630. The van der Waals surface area contributed by atoms with Gasteiger partial charge in [0.05, 0.1) is 12.7 Å². The lowest BCUT2D eigenvalue weighted by atomic mass is 9.85. The monoisotopic (exact) mass is 368 g/mol. The van der Waals surface area contributed by atoms with Crippen molar-refractivity contribution in [3.05, 3.63) is 30.3 Å². The smallest absolute Gasteiger partial charge is 0.164 e. The number of rotatable bonds is 4. The van der Waals surface area contributed by atoms with Gasteiger partial charge in [-0.05, 0) is 46.8 Å². The Morgan fingerprint density at radius 1 is 1.08 bits per heavy atom. The van der Waals surface area contributed by atoms with Crippen molar-refractivity contribution < 1.29 is 24.1 Å². The van der Waals surface area contributed by atoms with Crippen molar-refractivity contribution in [2.24, 2.45) is 0 Å². The first-order valence-corrected chi connectivity index (χ1v) is 9.66. The number of aliphatic hydroxyl groups excluding tert-OH is 1. The number of hydrogen-bond acceptors (Lipinski definition) is 6. The molecule has 6 heteroatoms. The second-order valence-electron chi connectivity index (χ2n) is 7.73. The quantitative estimate of drug-likeness (QED) is 0.824. The molecule has 2 heterocycles. The highest BCUT2D eigenvalue weighted by Gasteiger charge is 2.59. The van der Waals surface area contributed by atoms with Crippen LogP contribution in [0.2, 0.25) is 0 Å². The van der Waals surface area contributed by atoms with Gasteiger partial charge in [-0.25, -0.2) is 0 Å². The molecule has 1 aromatic carbocycles. The third-order valence-corrected chi connectivity index (χ3v) is 5.72. The van der Waals surface area contributed by atoms with Gasteiger partial charge in [0.15, 0.2) is 11.6 Å². The third-order valence-electron chi connectivity index (χ3n) is 4.60. The summed E-state index contributed by atoms with van der Waals surface area (Å²) in [5.74, 6) is -1.04. The Morgan fingerprint density at radius 3 is 2.44 bits per heavy atom. The molecular weight excluding hydrogens is 340 g/mol. The fraction of sp³-hybridized carbons (Fsp3) is 0.684. The zero-order chi connectivity index (χ0) is 18.3. The summed E-state index contributed by atoms with van der Waals surface area (Å²) >= 11 is 1.60. The molecule has 0 bridgehead atoms. The third kappa shape index (κ3) is 4.21. The first-order valence-electron chi connectivity index (χ1n) is 8.67. The van der Waals surface area contributed by atoms with Gasteiger partial charge in [0.2, 0.25) is 0 Å². The highest BCUT2D eigenvalue weighted by molar-refractivity contribution is 7.99. The summed E-state index contributed by atoms with van der Waals surface area (Å²) < 4.78 is 24.1.